The van der Waals surface area contributed by atoms with Crippen molar-refractivity contribution in [1.29, 1.82) is 0 Å². The van der Waals surface area contributed by atoms with Crippen molar-refractivity contribution < 1.29 is 16.8 Å². The second-order valence-corrected chi connectivity index (χ2v) is 9.80. The predicted molar refractivity (Wildman–Crippen MR) is 94.8 cm³/mol. The van der Waals surface area contributed by atoms with Crippen LogP contribution in [0.4, 0.5) is 0 Å². The second-order valence-electron chi connectivity index (χ2n) is 5.26. The van der Waals surface area contributed by atoms with Gasteiger partial charge in [0.2, 0.25) is 10.0 Å². The molecule has 2 rings (SSSR count). The van der Waals surface area contributed by atoms with Crippen LogP contribution in [0, 0.1) is 0 Å². The molecule has 0 radical (unpaired) electrons. The molecular formula is C15H15Cl2NO4S2. The fourth-order valence-corrected chi connectivity index (χ4v) is 4.68. The van der Waals surface area contributed by atoms with Gasteiger partial charge in [-0.05, 0) is 42.8 Å². The van der Waals surface area contributed by atoms with Crippen LogP contribution in [0.5, 0.6) is 0 Å². The van der Waals surface area contributed by atoms with Crippen LogP contribution in [0.2, 0.25) is 10.0 Å². The van der Waals surface area contributed by atoms with Crippen molar-refractivity contribution in [2.75, 3.05) is 6.26 Å². The molecule has 1 atom stereocenters. The van der Waals surface area contributed by atoms with Crippen LogP contribution in [0.1, 0.15) is 18.5 Å². The molecule has 0 aromatic heterocycles. The van der Waals surface area contributed by atoms with Gasteiger partial charge in [0.1, 0.15) is 4.90 Å². The third-order valence-electron chi connectivity index (χ3n) is 3.32. The first kappa shape index (κ1) is 19.2. The zero-order chi connectivity index (χ0) is 18.1. The number of rotatable bonds is 5. The molecule has 24 heavy (non-hydrogen) atoms. The van der Waals surface area contributed by atoms with Gasteiger partial charge in [-0.3, -0.25) is 0 Å². The molecular weight excluding hydrogens is 393 g/mol. The van der Waals surface area contributed by atoms with E-state index in [0.29, 0.717) is 5.56 Å². The highest BCUT2D eigenvalue weighted by molar-refractivity contribution is 7.90. The minimum absolute atomic E-state index is 0.0616. The molecule has 0 saturated carbocycles. The van der Waals surface area contributed by atoms with Gasteiger partial charge >= 0.3 is 0 Å². The molecule has 9 heteroatoms. The molecule has 0 fully saturated rings. The molecule has 2 aromatic rings. The third kappa shape index (κ3) is 4.49. The van der Waals surface area contributed by atoms with Crippen molar-refractivity contribution >= 4 is 43.1 Å². The van der Waals surface area contributed by atoms with Gasteiger partial charge in [0.15, 0.2) is 9.84 Å². The topological polar surface area (TPSA) is 80.3 Å². The van der Waals surface area contributed by atoms with Gasteiger partial charge < -0.3 is 0 Å². The van der Waals surface area contributed by atoms with E-state index in [1.807, 2.05) is 0 Å². The van der Waals surface area contributed by atoms with E-state index in [0.717, 1.165) is 6.26 Å². The molecule has 0 heterocycles. The lowest BCUT2D eigenvalue weighted by molar-refractivity contribution is 0.566. The van der Waals surface area contributed by atoms with Crippen LogP contribution >= 0.6 is 23.2 Å². The average Bonchev–Trinajstić information content (AvgIpc) is 2.48. The van der Waals surface area contributed by atoms with Crippen LogP contribution < -0.4 is 4.72 Å². The van der Waals surface area contributed by atoms with Crippen LogP contribution in [0.3, 0.4) is 0 Å². The maximum atomic E-state index is 12.5. The zero-order valence-electron chi connectivity index (χ0n) is 12.8. The lowest BCUT2D eigenvalue weighted by Crippen LogP contribution is -2.27. The van der Waals surface area contributed by atoms with Gasteiger partial charge in [-0.15, -0.1) is 0 Å². The van der Waals surface area contributed by atoms with Gasteiger partial charge in [-0.2, -0.15) is 0 Å². The Kier molecular flexibility index (Phi) is 5.61. The van der Waals surface area contributed by atoms with Crippen molar-refractivity contribution in [1.82, 2.24) is 4.72 Å². The average molecular weight is 408 g/mol. The molecule has 0 spiro atoms. The first-order valence-electron chi connectivity index (χ1n) is 6.78. The number of hydrogen-bond donors (Lipinski definition) is 1. The molecule has 0 aliphatic carbocycles. The monoisotopic (exact) mass is 407 g/mol. The van der Waals surface area contributed by atoms with E-state index in [2.05, 4.69) is 4.72 Å². The summed E-state index contributed by atoms with van der Waals surface area (Å²) in [4.78, 5) is 0.0514. The summed E-state index contributed by atoms with van der Waals surface area (Å²) in [7, 11) is -7.19. The third-order valence-corrected chi connectivity index (χ3v) is 6.71. The summed E-state index contributed by atoms with van der Waals surface area (Å²) in [6, 6.07) is 9.57. The Hall–Kier alpha value is -1.12. The molecule has 5 nitrogen and oxygen atoms in total. The lowest BCUT2D eigenvalue weighted by Gasteiger charge is -2.16. The van der Waals surface area contributed by atoms with Crippen molar-refractivity contribution in [2.45, 2.75) is 22.8 Å². The molecule has 0 amide bonds. The fraction of sp³-hybridized carbons (Fsp3) is 0.200. The summed E-state index contributed by atoms with van der Waals surface area (Å²) >= 11 is 11.8. The molecule has 0 aliphatic heterocycles. The van der Waals surface area contributed by atoms with E-state index in [4.69, 9.17) is 23.2 Å². The van der Waals surface area contributed by atoms with E-state index in [1.54, 1.807) is 19.1 Å². The number of sulfone groups is 1. The maximum Gasteiger partial charge on any atom is 0.242 e. The van der Waals surface area contributed by atoms with Crippen molar-refractivity contribution in [3.05, 3.63) is 58.1 Å². The lowest BCUT2D eigenvalue weighted by atomic mass is 10.1. The summed E-state index contributed by atoms with van der Waals surface area (Å²) in [6.45, 7) is 1.64. The van der Waals surface area contributed by atoms with E-state index in [9.17, 15) is 16.8 Å². The highest BCUT2D eigenvalue weighted by Crippen LogP contribution is 2.26. The summed E-state index contributed by atoms with van der Waals surface area (Å²) in [5.41, 5.74) is 0.615. The molecule has 1 unspecified atom stereocenters. The Bertz CT molecular complexity index is 955. The van der Waals surface area contributed by atoms with Crippen molar-refractivity contribution in [2.24, 2.45) is 0 Å². The van der Waals surface area contributed by atoms with Crippen molar-refractivity contribution in [3.8, 4) is 0 Å². The Morgan fingerprint density at radius 1 is 0.958 bits per heavy atom. The number of nitrogens with one attached hydrogen (secondary N) is 1. The minimum atomic E-state index is -3.88. The fourth-order valence-electron chi connectivity index (χ4n) is 2.05. The molecule has 130 valence electrons. The molecule has 0 aliphatic rings. The van der Waals surface area contributed by atoms with Crippen LogP contribution in [0.15, 0.2) is 52.3 Å². The number of sulfonamides is 1. The Labute approximate surface area is 151 Å². The Morgan fingerprint density at radius 3 is 2.08 bits per heavy atom. The first-order valence-corrected chi connectivity index (χ1v) is 10.9. The van der Waals surface area contributed by atoms with Gasteiger partial charge in [0.25, 0.3) is 0 Å². The molecule has 0 bridgehead atoms. The summed E-state index contributed by atoms with van der Waals surface area (Å²) in [5, 5.41) is 0.316. The summed E-state index contributed by atoms with van der Waals surface area (Å²) in [6.07, 6.45) is 1.11. The minimum Gasteiger partial charge on any atom is -0.224 e. The van der Waals surface area contributed by atoms with E-state index >= 15 is 0 Å². The van der Waals surface area contributed by atoms with Gasteiger partial charge in [-0.25, -0.2) is 21.6 Å². The Balaban J connectivity index is 2.28. The largest absolute Gasteiger partial charge is 0.242 e. The first-order chi connectivity index (χ1) is 11.0. The normalized spacial score (nSPS) is 13.7. The standard InChI is InChI=1S/C15H15Cl2NO4S2/c1-10(11-3-6-13(7-4-11)23(2,19)20)18-24(21,22)15-9-12(16)5-8-14(15)17/h3-10,18H,1-2H3. The second kappa shape index (κ2) is 7.01. The number of benzene rings is 2. The van der Waals surface area contributed by atoms with E-state index in [1.165, 1.54) is 30.3 Å². The van der Waals surface area contributed by atoms with Crippen LogP contribution in [-0.2, 0) is 19.9 Å². The van der Waals surface area contributed by atoms with Crippen LogP contribution in [0.25, 0.3) is 0 Å². The molecule has 1 N–H and O–H groups in total. The smallest absolute Gasteiger partial charge is 0.224 e. The Morgan fingerprint density at radius 2 is 1.54 bits per heavy atom. The zero-order valence-corrected chi connectivity index (χ0v) is 16.0. The summed E-state index contributed by atoms with van der Waals surface area (Å²) in [5.74, 6) is 0. The highest BCUT2D eigenvalue weighted by Gasteiger charge is 2.22. The highest BCUT2D eigenvalue weighted by atomic mass is 35.5. The maximum absolute atomic E-state index is 12.5. The molecule has 0 saturated heterocycles. The van der Waals surface area contributed by atoms with E-state index in [-0.39, 0.29) is 19.8 Å². The van der Waals surface area contributed by atoms with Gasteiger partial charge in [0, 0.05) is 17.3 Å². The SMILES string of the molecule is CC(NS(=O)(=O)c1cc(Cl)ccc1Cl)c1ccc(S(C)(=O)=O)cc1. The van der Waals surface area contributed by atoms with Gasteiger partial charge in [0.05, 0.1) is 9.92 Å². The summed E-state index contributed by atoms with van der Waals surface area (Å²) < 4.78 is 50.3. The quantitative estimate of drug-likeness (QED) is 0.822. The van der Waals surface area contributed by atoms with Crippen LogP contribution in [-0.4, -0.2) is 23.1 Å². The number of hydrogen-bond acceptors (Lipinski definition) is 4. The van der Waals surface area contributed by atoms with Crippen molar-refractivity contribution in [3.63, 3.8) is 0 Å². The molecule has 2 aromatic carbocycles. The van der Waals surface area contributed by atoms with E-state index < -0.39 is 25.9 Å². The number of halogens is 2. The predicted octanol–water partition coefficient (Wildman–Crippen LogP) is 3.44. The van der Waals surface area contributed by atoms with Gasteiger partial charge in [-0.1, -0.05) is 35.3 Å².